The van der Waals surface area contributed by atoms with Crippen molar-refractivity contribution in [2.45, 2.75) is 31.8 Å². The summed E-state index contributed by atoms with van der Waals surface area (Å²) in [5.41, 5.74) is 5.89. The highest BCUT2D eigenvalue weighted by Crippen LogP contribution is 2.27. The van der Waals surface area contributed by atoms with Crippen molar-refractivity contribution in [1.82, 2.24) is 15.2 Å². The van der Waals surface area contributed by atoms with Crippen molar-refractivity contribution in [2.24, 2.45) is 5.73 Å². The average Bonchev–Trinajstić information content (AvgIpc) is 2.69. The van der Waals surface area contributed by atoms with Crippen LogP contribution >= 0.6 is 0 Å². The van der Waals surface area contributed by atoms with Crippen molar-refractivity contribution in [3.05, 3.63) is 23.9 Å². The van der Waals surface area contributed by atoms with E-state index in [9.17, 15) is 4.79 Å². The number of carbonyl (C=O) groups excluding carboxylic acids is 1. The molecular weight excluding hydrogens is 334 g/mol. The first-order valence-electron chi connectivity index (χ1n) is 9.29. The molecule has 144 valence electrons. The molecule has 0 radical (unpaired) electrons. The number of nitrogens with zero attached hydrogens (tertiary/aromatic N) is 4. The molecule has 2 aliphatic rings. The first-order chi connectivity index (χ1) is 12.5. The van der Waals surface area contributed by atoms with Gasteiger partial charge in [0.15, 0.2) is 5.60 Å². The fraction of sp³-hybridized carbons (Fsp3) is 0.667. The Kier molecular flexibility index (Phi) is 6.08. The van der Waals surface area contributed by atoms with Gasteiger partial charge >= 0.3 is 0 Å². The zero-order valence-corrected chi connectivity index (χ0v) is 15.7. The van der Waals surface area contributed by atoms with Crippen LogP contribution in [-0.2, 0) is 20.8 Å². The largest absolute Gasteiger partial charge is 0.381 e. The van der Waals surface area contributed by atoms with Crippen molar-refractivity contribution < 1.29 is 14.4 Å². The molecule has 1 aromatic heterocycles. The van der Waals surface area contributed by atoms with Crippen LogP contribution in [0.1, 0.15) is 25.3 Å². The molecule has 8 nitrogen and oxygen atoms in total. The lowest BCUT2D eigenvalue weighted by molar-refractivity contribution is -0.328. The fourth-order valence-corrected chi connectivity index (χ4v) is 3.41. The Morgan fingerprint density at radius 2 is 2.00 bits per heavy atom. The lowest BCUT2D eigenvalue weighted by Gasteiger charge is -2.43. The number of nitrogens with two attached hydrogens (primary N) is 1. The summed E-state index contributed by atoms with van der Waals surface area (Å²) in [4.78, 5) is 24.8. The molecule has 2 aliphatic heterocycles. The number of carbonyl (C=O) groups is 1. The Morgan fingerprint density at radius 1 is 1.31 bits per heavy atom. The molecule has 0 aliphatic carbocycles. The van der Waals surface area contributed by atoms with Gasteiger partial charge in [-0.1, -0.05) is 13.0 Å². The number of pyridine rings is 1. The topological polar surface area (TPSA) is 84.2 Å². The number of hydrazine groups is 1. The predicted octanol–water partition coefficient (Wildman–Crippen LogP) is 0.579. The van der Waals surface area contributed by atoms with Gasteiger partial charge in [0, 0.05) is 65.5 Å². The molecule has 2 saturated heterocycles. The number of hydrogen-bond donors (Lipinski definition) is 1. The first-order valence-corrected chi connectivity index (χ1v) is 9.29. The fourth-order valence-electron chi connectivity index (χ4n) is 3.41. The maximum atomic E-state index is 12.0. The molecule has 0 saturated carbocycles. The standard InChI is InChI=1S/C18H29N5O3/c1-3-15-4-5-16(20-14-15)22-8-10-23(11-9-22)21(2)26-18(17(19)24)6-12-25-13-7-18/h4-5,14H,3,6-13H2,1-2H3,(H2,19,24). The van der Waals surface area contributed by atoms with E-state index in [0.29, 0.717) is 26.1 Å². The van der Waals surface area contributed by atoms with Crippen LogP contribution in [0, 0.1) is 0 Å². The molecule has 2 N–H and O–H groups in total. The molecule has 0 unspecified atom stereocenters. The molecule has 1 amide bonds. The Bertz CT molecular complexity index is 595. The highest BCUT2D eigenvalue weighted by atomic mass is 16.7. The molecule has 1 aromatic rings. The number of ether oxygens (including phenoxy) is 1. The van der Waals surface area contributed by atoms with Crippen LogP contribution in [-0.4, -0.2) is 73.1 Å². The van der Waals surface area contributed by atoms with Gasteiger partial charge in [-0.15, -0.1) is 5.17 Å². The van der Waals surface area contributed by atoms with E-state index >= 15 is 0 Å². The van der Waals surface area contributed by atoms with Gasteiger partial charge in [0.05, 0.1) is 0 Å². The highest BCUT2D eigenvalue weighted by molar-refractivity contribution is 5.83. The third-order valence-electron chi connectivity index (χ3n) is 5.25. The molecule has 0 aromatic carbocycles. The summed E-state index contributed by atoms with van der Waals surface area (Å²) >= 11 is 0. The lowest BCUT2D eigenvalue weighted by Crippen LogP contribution is -2.59. The van der Waals surface area contributed by atoms with Crippen molar-refractivity contribution in [1.29, 1.82) is 0 Å². The van der Waals surface area contributed by atoms with E-state index in [0.717, 1.165) is 38.4 Å². The number of anilines is 1. The summed E-state index contributed by atoms with van der Waals surface area (Å²) in [7, 11) is 1.84. The Hall–Kier alpha value is -1.74. The second-order valence-corrected chi connectivity index (χ2v) is 6.85. The van der Waals surface area contributed by atoms with Crippen LogP contribution in [0.15, 0.2) is 18.3 Å². The van der Waals surface area contributed by atoms with E-state index in [1.165, 1.54) is 5.56 Å². The molecule has 3 heterocycles. The van der Waals surface area contributed by atoms with Crippen molar-refractivity contribution in [3.63, 3.8) is 0 Å². The third kappa shape index (κ3) is 4.15. The van der Waals surface area contributed by atoms with Gasteiger partial charge in [-0.3, -0.25) is 9.63 Å². The maximum absolute atomic E-state index is 12.0. The molecule has 8 heteroatoms. The molecule has 26 heavy (non-hydrogen) atoms. The number of rotatable bonds is 6. The lowest BCUT2D eigenvalue weighted by atomic mass is 9.94. The van der Waals surface area contributed by atoms with E-state index in [1.807, 2.05) is 13.2 Å². The van der Waals surface area contributed by atoms with Crippen molar-refractivity contribution >= 4 is 11.7 Å². The van der Waals surface area contributed by atoms with Gasteiger partial charge in [0.1, 0.15) is 5.82 Å². The summed E-state index contributed by atoms with van der Waals surface area (Å²) in [6, 6.07) is 4.21. The van der Waals surface area contributed by atoms with Crippen LogP contribution in [0.25, 0.3) is 0 Å². The molecule has 0 bridgehead atoms. The number of hydroxylamine groups is 1. The third-order valence-corrected chi connectivity index (χ3v) is 5.25. The Labute approximate surface area is 154 Å². The van der Waals surface area contributed by atoms with Crippen molar-refractivity contribution in [3.8, 4) is 0 Å². The van der Waals surface area contributed by atoms with Crippen LogP contribution in [0.4, 0.5) is 5.82 Å². The zero-order chi connectivity index (χ0) is 18.6. The average molecular weight is 363 g/mol. The second-order valence-electron chi connectivity index (χ2n) is 6.85. The molecular formula is C18H29N5O3. The monoisotopic (exact) mass is 363 g/mol. The Morgan fingerprint density at radius 3 is 2.54 bits per heavy atom. The second kappa shape index (κ2) is 8.30. The maximum Gasteiger partial charge on any atom is 0.252 e. The summed E-state index contributed by atoms with van der Waals surface area (Å²) in [6.07, 6.45) is 3.91. The quantitative estimate of drug-likeness (QED) is 0.740. The molecule has 3 rings (SSSR count). The van der Waals surface area contributed by atoms with E-state index in [1.54, 1.807) is 5.17 Å². The van der Waals surface area contributed by atoms with E-state index in [4.69, 9.17) is 15.3 Å². The smallest absolute Gasteiger partial charge is 0.252 e. The van der Waals surface area contributed by atoms with Crippen LogP contribution < -0.4 is 10.6 Å². The SMILES string of the molecule is CCc1ccc(N2CCN(N(C)OC3(C(N)=O)CCOCC3)CC2)nc1. The predicted molar refractivity (Wildman–Crippen MR) is 98.2 cm³/mol. The molecule has 0 spiro atoms. The summed E-state index contributed by atoms with van der Waals surface area (Å²) in [5.74, 6) is 0.579. The number of hydrogen-bond acceptors (Lipinski definition) is 7. The number of aryl methyl sites for hydroxylation is 1. The molecule has 2 fully saturated rings. The van der Waals surface area contributed by atoms with Crippen LogP contribution in [0.5, 0.6) is 0 Å². The number of piperazine rings is 1. The normalized spacial score (nSPS) is 21.1. The highest BCUT2D eigenvalue weighted by Gasteiger charge is 2.42. The van der Waals surface area contributed by atoms with E-state index < -0.39 is 11.5 Å². The van der Waals surface area contributed by atoms with Gasteiger partial charge in [-0.05, 0) is 18.1 Å². The van der Waals surface area contributed by atoms with E-state index in [-0.39, 0.29) is 0 Å². The summed E-state index contributed by atoms with van der Waals surface area (Å²) in [6.45, 7) is 6.38. The van der Waals surface area contributed by atoms with E-state index in [2.05, 4.69) is 33.9 Å². The molecule has 0 atom stereocenters. The van der Waals surface area contributed by atoms with Crippen LogP contribution in [0.2, 0.25) is 0 Å². The number of aromatic nitrogens is 1. The Balaban J connectivity index is 1.55. The van der Waals surface area contributed by atoms with Gasteiger partial charge in [-0.25, -0.2) is 9.99 Å². The minimum atomic E-state index is -0.971. The first kappa shape index (κ1) is 19.0. The number of primary amides is 1. The summed E-state index contributed by atoms with van der Waals surface area (Å²) in [5, 5.41) is 3.78. The van der Waals surface area contributed by atoms with Crippen LogP contribution in [0.3, 0.4) is 0 Å². The summed E-state index contributed by atoms with van der Waals surface area (Å²) < 4.78 is 5.35. The van der Waals surface area contributed by atoms with Crippen molar-refractivity contribution in [2.75, 3.05) is 51.3 Å². The zero-order valence-electron chi connectivity index (χ0n) is 15.7. The van der Waals surface area contributed by atoms with Gasteiger partial charge in [0.2, 0.25) is 0 Å². The van der Waals surface area contributed by atoms with Gasteiger partial charge < -0.3 is 15.4 Å². The van der Waals surface area contributed by atoms with Gasteiger partial charge in [0.25, 0.3) is 5.91 Å². The van der Waals surface area contributed by atoms with Gasteiger partial charge in [-0.2, -0.15) is 0 Å². The minimum Gasteiger partial charge on any atom is -0.381 e. The number of amides is 1. The minimum absolute atomic E-state index is 0.425.